The van der Waals surface area contributed by atoms with Crippen LogP contribution < -0.4 is 14.8 Å². The number of anilines is 1. The minimum Gasteiger partial charge on any atom is -0.489 e. The molecule has 0 aliphatic rings. The van der Waals surface area contributed by atoms with Gasteiger partial charge in [-0.2, -0.15) is 0 Å². The van der Waals surface area contributed by atoms with Crippen molar-refractivity contribution in [3.63, 3.8) is 0 Å². The average Bonchev–Trinajstić information content (AvgIpc) is 2.67. The summed E-state index contributed by atoms with van der Waals surface area (Å²) >= 11 is 6.11. The van der Waals surface area contributed by atoms with E-state index >= 15 is 0 Å². The van der Waals surface area contributed by atoms with Crippen LogP contribution in [0.2, 0.25) is 5.02 Å². The highest BCUT2D eigenvalue weighted by molar-refractivity contribution is 6.30. The van der Waals surface area contributed by atoms with Crippen molar-refractivity contribution in [1.29, 1.82) is 0 Å². The van der Waals surface area contributed by atoms with Crippen molar-refractivity contribution in [1.82, 2.24) is 0 Å². The molecule has 0 saturated heterocycles. The standard InChI is InChI=1S/C22H20ClNO2/c1-2-14-25-22-13-8-18(23)15-17(22)16-24-19-9-11-21(12-10-19)26-20-6-4-3-5-7-20/h2-13,15,24H,1,14,16H2. The summed E-state index contributed by atoms with van der Waals surface area (Å²) in [4.78, 5) is 0. The lowest BCUT2D eigenvalue weighted by Crippen LogP contribution is -2.03. The molecule has 0 radical (unpaired) electrons. The van der Waals surface area contributed by atoms with E-state index in [-0.39, 0.29) is 0 Å². The van der Waals surface area contributed by atoms with E-state index in [1.165, 1.54) is 0 Å². The van der Waals surface area contributed by atoms with Gasteiger partial charge in [0.1, 0.15) is 23.9 Å². The molecule has 4 heteroatoms. The Morgan fingerprint density at radius 2 is 1.65 bits per heavy atom. The number of rotatable bonds is 8. The third-order valence-corrected chi connectivity index (χ3v) is 3.93. The zero-order chi connectivity index (χ0) is 18.2. The molecule has 0 fully saturated rings. The first-order valence-electron chi connectivity index (χ1n) is 8.33. The van der Waals surface area contributed by atoms with Gasteiger partial charge in [-0.05, 0) is 54.6 Å². The van der Waals surface area contributed by atoms with Crippen LogP contribution >= 0.6 is 11.6 Å². The van der Waals surface area contributed by atoms with E-state index in [4.69, 9.17) is 21.1 Å². The largest absolute Gasteiger partial charge is 0.489 e. The van der Waals surface area contributed by atoms with E-state index in [0.717, 1.165) is 28.5 Å². The van der Waals surface area contributed by atoms with Crippen molar-refractivity contribution in [2.75, 3.05) is 11.9 Å². The first-order valence-corrected chi connectivity index (χ1v) is 8.71. The van der Waals surface area contributed by atoms with Crippen LogP contribution in [0.15, 0.2) is 85.5 Å². The van der Waals surface area contributed by atoms with Crippen LogP contribution in [0.4, 0.5) is 5.69 Å². The van der Waals surface area contributed by atoms with Crippen molar-refractivity contribution in [3.8, 4) is 17.2 Å². The lowest BCUT2D eigenvalue weighted by Gasteiger charge is -2.13. The molecule has 0 heterocycles. The highest BCUT2D eigenvalue weighted by atomic mass is 35.5. The Hall–Kier alpha value is -2.91. The topological polar surface area (TPSA) is 30.5 Å². The molecule has 132 valence electrons. The molecule has 3 nitrogen and oxygen atoms in total. The zero-order valence-electron chi connectivity index (χ0n) is 14.3. The molecule has 0 saturated carbocycles. The van der Waals surface area contributed by atoms with Gasteiger partial charge in [-0.25, -0.2) is 0 Å². The maximum absolute atomic E-state index is 6.11. The van der Waals surface area contributed by atoms with Gasteiger partial charge in [-0.3, -0.25) is 0 Å². The number of halogens is 1. The lowest BCUT2D eigenvalue weighted by molar-refractivity contribution is 0.359. The van der Waals surface area contributed by atoms with Gasteiger partial charge in [-0.15, -0.1) is 0 Å². The first-order chi connectivity index (χ1) is 12.7. The van der Waals surface area contributed by atoms with E-state index in [9.17, 15) is 0 Å². The highest BCUT2D eigenvalue weighted by Gasteiger charge is 2.05. The number of hydrogen-bond donors (Lipinski definition) is 1. The summed E-state index contributed by atoms with van der Waals surface area (Å²) < 4.78 is 11.5. The van der Waals surface area contributed by atoms with Crippen molar-refractivity contribution >= 4 is 17.3 Å². The van der Waals surface area contributed by atoms with Gasteiger partial charge in [-0.1, -0.05) is 42.5 Å². The van der Waals surface area contributed by atoms with Crippen LogP contribution in [0.25, 0.3) is 0 Å². The van der Waals surface area contributed by atoms with Crippen LogP contribution in [-0.4, -0.2) is 6.61 Å². The van der Waals surface area contributed by atoms with Gasteiger partial charge in [0, 0.05) is 22.8 Å². The molecule has 0 spiro atoms. The number of para-hydroxylation sites is 1. The second-order valence-corrected chi connectivity index (χ2v) is 6.08. The van der Waals surface area contributed by atoms with E-state index in [1.807, 2.05) is 72.8 Å². The minimum absolute atomic E-state index is 0.458. The fourth-order valence-corrected chi connectivity index (χ4v) is 2.63. The third kappa shape index (κ3) is 5.04. The van der Waals surface area contributed by atoms with E-state index in [2.05, 4.69) is 11.9 Å². The summed E-state index contributed by atoms with van der Waals surface area (Å²) in [7, 11) is 0. The molecule has 1 N–H and O–H groups in total. The first kappa shape index (κ1) is 17.9. The summed E-state index contributed by atoms with van der Waals surface area (Å²) in [5, 5.41) is 4.06. The van der Waals surface area contributed by atoms with E-state index in [1.54, 1.807) is 6.08 Å². The predicted molar refractivity (Wildman–Crippen MR) is 107 cm³/mol. The van der Waals surface area contributed by atoms with Gasteiger partial charge in [0.25, 0.3) is 0 Å². The van der Waals surface area contributed by atoms with Gasteiger partial charge in [0.15, 0.2) is 0 Å². The van der Waals surface area contributed by atoms with Crippen LogP contribution in [0.5, 0.6) is 17.2 Å². The summed E-state index contributed by atoms with van der Waals surface area (Å²) in [6.45, 7) is 4.74. The number of hydrogen-bond acceptors (Lipinski definition) is 3. The average molecular weight is 366 g/mol. The monoisotopic (exact) mass is 365 g/mol. The molecule has 3 rings (SSSR count). The third-order valence-electron chi connectivity index (χ3n) is 3.70. The quantitative estimate of drug-likeness (QED) is 0.474. The molecule has 0 aromatic heterocycles. The second kappa shape index (κ2) is 8.97. The SMILES string of the molecule is C=CCOc1ccc(Cl)cc1CNc1ccc(Oc2ccccc2)cc1. The predicted octanol–water partition coefficient (Wildman–Crippen LogP) is 6.31. The fourth-order valence-electron chi connectivity index (χ4n) is 2.44. The summed E-state index contributed by atoms with van der Waals surface area (Å²) in [6.07, 6.45) is 1.72. The molecule has 0 aliphatic carbocycles. The molecule has 0 amide bonds. The molecule has 0 atom stereocenters. The Labute approximate surface area is 158 Å². The molecule has 26 heavy (non-hydrogen) atoms. The molecular formula is C22H20ClNO2. The van der Waals surface area contributed by atoms with Crippen LogP contribution in [0.3, 0.4) is 0 Å². The van der Waals surface area contributed by atoms with Crippen LogP contribution in [0.1, 0.15) is 5.56 Å². The summed E-state index contributed by atoms with van der Waals surface area (Å²) in [6, 6.07) is 23.1. The minimum atomic E-state index is 0.458. The number of nitrogens with one attached hydrogen (secondary N) is 1. The fraction of sp³-hybridized carbons (Fsp3) is 0.0909. The Morgan fingerprint density at radius 3 is 2.38 bits per heavy atom. The molecule has 3 aromatic rings. The second-order valence-electron chi connectivity index (χ2n) is 5.64. The smallest absolute Gasteiger partial charge is 0.127 e. The molecule has 3 aromatic carbocycles. The van der Waals surface area contributed by atoms with Gasteiger partial charge in [0.05, 0.1) is 0 Å². The maximum Gasteiger partial charge on any atom is 0.127 e. The lowest BCUT2D eigenvalue weighted by atomic mass is 10.2. The Balaban J connectivity index is 1.63. The van der Waals surface area contributed by atoms with Gasteiger partial charge >= 0.3 is 0 Å². The molecular weight excluding hydrogens is 346 g/mol. The number of ether oxygens (including phenoxy) is 2. The Morgan fingerprint density at radius 1 is 0.923 bits per heavy atom. The van der Waals surface area contributed by atoms with E-state index < -0.39 is 0 Å². The molecule has 0 aliphatic heterocycles. The maximum atomic E-state index is 6.11. The normalized spacial score (nSPS) is 10.2. The van der Waals surface area contributed by atoms with Gasteiger partial charge < -0.3 is 14.8 Å². The highest BCUT2D eigenvalue weighted by Crippen LogP contribution is 2.26. The summed E-state index contributed by atoms with van der Waals surface area (Å²) in [5.41, 5.74) is 1.98. The zero-order valence-corrected chi connectivity index (χ0v) is 15.1. The Kier molecular flexibility index (Phi) is 6.18. The van der Waals surface area contributed by atoms with Crippen LogP contribution in [-0.2, 0) is 6.54 Å². The number of benzene rings is 3. The van der Waals surface area contributed by atoms with Crippen molar-refractivity contribution in [2.45, 2.75) is 6.54 Å². The summed E-state index contributed by atoms with van der Waals surface area (Å²) in [5.74, 6) is 2.40. The van der Waals surface area contributed by atoms with Crippen LogP contribution in [0, 0.1) is 0 Å². The van der Waals surface area contributed by atoms with Crippen molar-refractivity contribution in [3.05, 3.63) is 96.0 Å². The van der Waals surface area contributed by atoms with Crippen molar-refractivity contribution in [2.24, 2.45) is 0 Å². The molecule has 0 unspecified atom stereocenters. The van der Waals surface area contributed by atoms with E-state index in [0.29, 0.717) is 18.2 Å². The Bertz CT molecular complexity index is 848. The van der Waals surface area contributed by atoms with Gasteiger partial charge in [0.2, 0.25) is 0 Å². The molecule has 0 bridgehead atoms. The van der Waals surface area contributed by atoms with Crippen molar-refractivity contribution < 1.29 is 9.47 Å².